The average molecular weight is 343 g/mol. The lowest BCUT2D eigenvalue weighted by atomic mass is 10.1. The van der Waals surface area contributed by atoms with Crippen molar-refractivity contribution in [2.45, 2.75) is 13.5 Å². The number of aryl methyl sites for hydroxylation is 1. The van der Waals surface area contributed by atoms with Gasteiger partial charge in [-0.1, -0.05) is 41.4 Å². The third-order valence-electron chi connectivity index (χ3n) is 3.71. The van der Waals surface area contributed by atoms with Crippen molar-refractivity contribution in [1.29, 1.82) is 0 Å². The molecule has 1 fully saturated rings. The summed E-state index contributed by atoms with van der Waals surface area (Å²) in [5.74, 6) is -0.467. The molecule has 1 aliphatic rings. The third kappa shape index (κ3) is 3.26. The predicted octanol–water partition coefficient (Wildman–Crippen LogP) is 3.45. The third-order valence-corrected chi connectivity index (χ3v) is 3.95. The number of hydrogen-bond acceptors (Lipinski definition) is 3. The van der Waals surface area contributed by atoms with E-state index in [1.807, 2.05) is 31.2 Å². The van der Waals surface area contributed by atoms with Crippen molar-refractivity contribution < 1.29 is 14.7 Å². The summed E-state index contributed by atoms with van der Waals surface area (Å²) in [4.78, 5) is 25.6. The second-order valence-corrected chi connectivity index (χ2v) is 6.00. The number of phenols is 1. The molecule has 5 nitrogen and oxygen atoms in total. The van der Waals surface area contributed by atoms with E-state index in [4.69, 9.17) is 11.6 Å². The molecule has 24 heavy (non-hydrogen) atoms. The van der Waals surface area contributed by atoms with Crippen molar-refractivity contribution in [3.63, 3.8) is 0 Å². The molecule has 122 valence electrons. The summed E-state index contributed by atoms with van der Waals surface area (Å²) in [6.45, 7) is 2.15. The number of aromatic hydroxyl groups is 1. The average Bonchev–Trinajstić information content (AvgIpc) is 2.80. The SMILES string of the molecule is Cc1ccc(CN2C(=O)N/C(=C/c3cc(Cl)ccc3O)C2=O)cc1. The van der Waals surface area contributed by atoms with Crippen molar-refractivity contribution in [2.24, 2.45) is 0 Å². The number of halogens is 1. The van der Waals surface area contributed by atoms with E-state index in [9.17, 15) is 14.7 Å². The van der Waals surface area contributed by atoms with Crippen LogP contribution in [0.25, 0.3) is 6.08 Å². The zero-order chi connectivity index (χ0) is 17.3. The molecule has 0 aliphatic carbocycles. The number of amides is 3. The molecule has 3 rings (SSSR count). The number of carbonyl (C=O) groups excluding carboxylic acids is 2. The Balaban J connectivity index is 1.84. The molecule has 6 heteroatoms. The Bertz CT molecular complexity index is 844. The molecule has 0 bridgehead atoms. The van der Waals surface area contributed by atoms with Crippen molar-refractivity contribution in [2.75, 3.05) is 0 Å². The molecule has 2 N–H and O–H groups in total. The first-order valence-electron chi connectivity index (χ1n) is 7.32. The van der Waals surface area contributed by atoms with Gasteiger partial charge in [-0.05, 0) is 36.8 Å². The Labute approximate surface area is 144 Å². The van der Waals surface area contributed by atoms with Crippen molar-refractivity contribution in [3.05, 3.63) is 69.9 Å². The monoisotopic (exact) mass is 342 g/mol. The Kier molecular flexibility index (Phi) is 4.27. The number of hydrogen-bond donors (Lipinski definition) is 2. The molecule has 1 saturated heterocycles. The molecule has 3 amide bonds. The number of benzene rings is 2. The first-order valence-corrected chi connectivity index (χ1v) is 7.70. The van der Waals surface area contributed by atoms with Gasteiger partial charge in [-0.25, -0.2) is 4.79 Å². The van der Waals surface area contributed by atoms with Gasteiger partial charge in [-0.15, -0.1) is 0 Å². The number of rotatable bonds is 3. The van der Waals surface area contributed by atoms with Gasteiger partial charge in [0.2, 0.25) is 0 Å². The number of phenolic OH excluding ortho intramolecular Hbond substituents is 1. The topological polar surface area (TPSA) is 69.6 Å². The van der Waals surface area contributed by atoms with Gasteiger partial charge in [0.25, 0.3) is 5.91 Å². The van der Waals surface area contributed by atoms with Crippen molar-refractivity contribution >= 4 is 29.6 Å². The fraction of sp³-hybridized carbons (Fsp3) is 0.111. The quantitative estimate of drug-likeness (QED) is 0.663. The highest BCUT2D eigenvalue weighted by molar-refractivity contribution is 6.30. The van der Waals surface area contributed by atoms with Crippen LogP contribution in [0.15, 0.2) is 48.2 Å². The van der Waals surface area contributed by atoms with Gasteiger partial charge in [0.1, 0.15) is 11.4 Å². The number of carbonyl (C=O) groups is 2. The van der Waals surface area contributed by atoms with Crippen molar-refractivity contribution in [1.82, 2.24) is 10.2 Å². The lowest BCUT2D eigenvalue weighted by molar-refractivity contribution is -0.123. The predicted molar refractivity (Wildman–Crippen MR) is 91.4 cm³/mol. The van der Waals surface area contributed by atoms with Crippen LogP contribution >= 0.6 is 11.6 Å². The van der Waals surface area contributed by atoms with Crippen LogP contribution in [0.1, 0.15) is 16.7 Å². The zero-order valence-corrected chi connectivity index (χ0v) is 13.7. The molecular formula is C18H15ClN2O3. The second kappa shape index (κ2) is 6.37. The Morgan fingerprint density at radius 3 is 2.58 bits per heavy atom. The van der Waals surface area contributed by atoms with Gasteiger partial charge in [-0.3, -0.25) is 9.69 Å². The molecule has 2 aromatic carbocycles. The summed E-state index contributed by atoms with van der Waals surface area (Å²) >= 11 is 5.89. The van der Waals surface area contributed by atoms with Gasteiger partial charge in [0.05, 0.1) is 6.54 Å². The molecular weight excluding hydrogens is 328 g/mol. The van der Waals surface area contributed by atoms with Gasteiger partial charge in [-0.2, -0.15) is 0 Å². The standard InChI is InChI=1S/C18H15ClN2O3/c1-11-2-4-12(5-3-11)10-21-17(23)15(20-18(21)24)9-13-8-14(19)6-7-16(13)22/h2-9,22H,10H2,1H3,(H,20,24)/b15-9+. The first kappa shape index (κ1) is 16.1. The lowest BCUT2D eigenvalue weighted by Gasteiger charge is -2.11. The summed E-state index contributed by atoms with van der Waals surface area (Å²) in [6.07, 6.45) is 1.41. The van der Waals surface area contributed by atoms with Crippen molar-refractivity contribution in [3.8, 4) is 5.75 Å². The number of urea groups is 1. The molecule has 0 spiro atoms. The summed E-state index contributed by atoms with van der Waals surface area (Å²) in [6, 6.07) is 11.6. The Hall–Kier alpha value is -2.79. The van der Waals surface area contributed by atoms with E-state index >= 15 is 0 Å². The van der Waals surface area contributed by atoms with E-state index in [1.165, 1.54) is 24.3 Å². The maximum absolute atomic E-state index is 12.4. The van der Waals surface area contributed by atoms with Gasteiger partial charge in [0, 0.05) is 10.6 Å². The number of nitrogens with zero attached hydrogens (tertiary/aromatic N) is 1. The van der Waals surface area contributed by atoms with E-state index in [0.29, 0.717) is 10.6 Å². The van der Waals surface area contributed by atoms with Crippen LogP contribution in [0.4, 0.5) is 4.79 Å². The highest BCUT2D eigenvalue weighted by Gasteiger charge is 2.33. The largest absolute Gasteiger partial charge is 0.507 e. The Morgan fingerprint density at radius 1 is 1.17 bits per heavy atom. The first-order chi connectivity index (χ1) is 11.4. The maximum Gasteiger partial charge on any atom is 0.329 e. The number of imide groups is 1. The van der Waals surface area contributed by atoms with Crippen LogP contribution in [0.5, 0.6) is 5.75 Å². The summed E-state index contributed by atoms with van der Waals surface area (Å²) in [5.41, 5.74) is 2.43. The van der Waals surface area contributed by atoms with E-state index in [1.54, 1.807) is 0 Å². The summed E-state index contributed by atoms with van der Waals surface area (Å²) < 4.78 is 0. The van der Waals surface area contributed by atoms with Crippen LogP contribution in [0.2, 0.25) is 5.02 Å². The fourth-order valence-corrected chi connectivity index (χ4v) is 2.57. The van der Waals surface area contributed by atoms with E-state index in [2.05, 4.69) is 5.32 Å². The normalized spacial score (nSPS) is 15.9. The Morgan fingerprint density at radius 2 is 1.88 bits per heavy atom. The van der Waals surface area contributed by atoms with E-state index in [0.717, 1.165) is 16.0 Å². The van der Waals surface area contributed by atoms with E-state index < -0.39 is 11.9 Å². The molecule has 1 heterocycles. The highest BCUT2D eigenvalue weighted by atomic mass is 35.5. The van der Waals surface area contributed by atoms with Crippen LogP contribution in [0, 0.1) is 6.92 Å². The summed E-state index contributed by atoms with van der Waals surface area (Å²) in [7, 11) is 0. The zero-order valence-electron chi connectivity index (χ0n) is 12.9. The molecule has 0 unspecified atom stereocenters. The van der Waals surface area contributed by atoms with Gasteiger partial charge >= 0.3 is 6.03 Å². The highest BCUT2D eigenvalue weighted by Crippen LogP contribution is 2.25. The van der Waals surface area contributed by atoms with Crippen LogP contribution < -0.4 is 5.32 Å². The minimum absolute atomic E-state index is 0.0223. The molecule has 0 saturated carbocycles. The van der Waals surface area contributed by atoms with Crippen LogP contribution in [-0.2, 0) is 11.3 Å². The summed E-state index contributed by atoms with van der Waals surface area (Å²) in [5, 5.41) is 12.8. The minimum Gasteiger partial charge on any atom is -0.507 e. The van der Waals surface area contributed by atoms with Crippen LogP contribution in [0.3, 0.4) is 0 Å². The molecule has 0 radical (unpaired) electrons. The van der Waals surface area contributed by atoms with Gasteiger partial charge in [0.15, 0.2) is 0 Å². The fourth-order valence-electron chi connectivity index (χ4n) is 2.39. The smallest absolute Gasteiger partial charge is 0.329 e. The van der Waals surface area contributed by atoms with Gasteiger partial charge < -0.3 is 10.4 Å². The molecule has 0 atom stereocenters. The molecule has 1 aliphatic heterocycles. The number of nitrogens with one attached hydrogen (secondary N) is 1. The minimum atomic E-state index is -0.492. The van der Waals surface area contributed by atoms with Crippen LogP contribution in [-0.4, -0.2) is 21.9 Å². The van der Waals surface area contributed by atoms with E-state index in [-0.39, 0.29) is 18.0 Å². The molecule has 2 aromatic rings. The second-order valence-electron chi connectivity index (χ2n) is 5.57. The molecule has 0 aromatic heterocycles. The lowest BCUT2D eigenvalue weighted by Crippen LogP contribution is -2.30. The maximum atomic E-state index is 12.4.